The third-order valence-corrected chi connectivity index (χ3v) is 7.22. The molecular formula is C29H28N2O6S. The van der Waals surface area contributed by atoms with Crippen LogP contribution in [0.3, 0.4) is 0 Å². The number of thiazole rings is 1. The number of hydrogen-bond donors (Lipinski definition) is 1. The molecule has 1 N–H and O–H groups in total. The number of Topliss-reactive ketones (excluding diaryl/α,β-unsaturated/α-hetero) is 1. The van der Waals surface area contributed by atoms with E-state index in [4.69, 9.17) is 13.9 Å². The molecule has 8 nitrogen and oxygen atoms in total. The molecule has 2 aromatic carbocycles. The lowest BCUT2D eigenvalue weighted by Gasteiger charge is -2.25. The van der Waals surface area contributed by atoms with Gasteiger partial charge in [0.25, 0.3) is 5.91 Å². The minimum Gasteiger partial charge on any atom is -0.503 e. The number of nitrogens with zero attached hydrogens (tertiary/aromatic N) is 2. The van der Waals surface area contributed by atoms with Crippen LogP contribution in [0.15, 0.2) is 64.3 Å². The van der Waals surface area contributed by atoms with Gasteiger partial charge in [-0.3, -0.25) is 14.5 Å². The van der Waals surface area contributed by atoms with Crippen LogP contribution in [-0.2, 0) is 4.79 Å². The molecule has 2 aromatic heterocycles. The van der Waals surface area contributed by atoms with E-state index in [1.54, 1.807) is 31.2 Å². The van der Waals surface area contributed by atoms with E-state index in [2.05, 4.69) is 4.98 Å². The van der Waals surface area contributed by atoms with Crippen LogP contribution in [-0.4, -0.2) is 35.0 Å². The first-order valence-corrected chi connectivity index (χ1v) is 13.3. The predicted molar refractivity (Wildman–Crippen MR) is 145 cm³/mol. The van der Waals surface area contributed by atoms with Gasteiger partial charge in [0, 0.05) is 0 Å². The van der Waals surface area contributed by atoms with E-state index in [1.807, 2.05) is 39.0 Å². The molecule has 0 fully saturated rings. The van der Waals surface area contributed by atoms with E-state index in [9.17, 15) is 14.7 Å². The Balaban J connectivity index is 1.67. The lowest BCUT2D eigenvalue weighted by atomic mass is 9.95. The van der Waals surface area contributed by atoms with Crippen LogP contribution in [0.4, 0.5) is 5.13 Å². The molecule has 0 saturated heterocycles. The minimum absolute atomic E-state index is 0.0385. The number of aliphatic hydroxyl groups excluding tert-OH is 1. The van der Waals surface area contributed by atoms with Gasteiger partial charge in [-0.15, -0.1) is 0 Å². The van der Waals surface area contributed by atoms with Crippen LogP contribution in [0.5, 0.6) is 11.5 Å². The molecule has 1 unspecified atom stereocenters. The molecule has 38 heavy (non-hydrogen) atoms. The molecule has 196 valence electrons. The summed E-state index contributed by atoms with van der Waals surface area (Å²) in [7, 11) is 0. The van der Waals surface area contributed by atoms with Gasteiger partial charge >= 0.3 is 0 Å². The Morgan fingerprint density at radius 1 is 1.08 bits per heavy atom. The highest BCUT2D eigenvalue weighted by atomic mass is 32.1. The number of aliphatic hydroxyl groups is 1. The number of ketones is 1. The molecule has 0 bridgehead atoms. The molecule has 3 heterocycles. The molecule has 1 aliphatic heterocycles. The molecule has 0 spiro atoms. The van der Waals surface area contributed by atoms with Gasteiger partial charge in [0.05, 0.1) is 35.0 Å². The van der Waals surface area contributed by atoms with Crippen molar-refractivity contribution >= 4 is 38.4 Å². The summed E-state index contributed by atoms with van der Waals surface area (Å²) < 4.78 is 18.2. The lowest BCUT2D eigenvalue weighted by Crippen LogP contribution is -2.31. The monoisotopic (exact) mass is 532 g/mol. The molecule has 4 aromatic rings. The Bertz CT molecular complexity index is 1570. The van der Waals surface area contributed by atoms with Crippen molar-refractivity contribution < 1.29 is 28.6 Å². The second kappa shape index (κ2) is 10.3. The smallest absolute Gasteiger partial charge is 0.296 e. The quantitative estimate of drug-likeness (QED) is 0.246. The van der Waals surface area contributed by atoms with E-state index in [0.717, 1.165) is 22.2 Å². The Morgan fingerprint density at radius 3 is 2.61 bits per heavy atom. The van der Waals surface area contributed by atoms with Crippen LogP contribution < -0.4 is 14.4 Å². The van der Waals surface area contributed by atoms with Crippen LogP contribution in [0.2, 0.25) is 0 Å². The maximum absolute atomic E-state index is 13.6. The molecule has 1 amide bonds. The summed E-state index contributed by atoms with van der Waals surface area (Å²) in [4.78, 5) is 33.2. The Kier molecular flexibility index (Phi) is 6.94. The van der Waals surface area contributed by atoms with Gasteiger partial charge < -0.3 is 19.0 Å². The van der Waals surface area contributed by atoms with Crippen molar-refractivity contribution in [2.24, 2.45) is 0 Å². The molecule has 1 aliphatic rings. The summed E-state index contributed by atoms with van der Waals surface area (Å²) >= 11 is 1.32. The topological polar surface area (TPSA) is 102 Å². The summed E-state index contributed by atoms with van der Waals surface area (Å²) in [5.41, 5.74) is 2.27. The Morgan fingerprint density at radius 2 is 1.89 bits per heavy atom. The molecule has 0 saturated carbocycles. The summed E-state index contributed by atoms with van der Waals surface area (Å²) in [5.74, 6) is -0.280. The van der Waals surface area contributed by atoms with Crippen LogP contribution in [0, 0.1) is 13.8 Å². The van der Waals surface area contributed by atoms with E-state index in [0.29, 0.717) is 41.2 Å². The van der Waals surface area contributed by atoms with Crippen LogP contribution in [0.25, 0.3) is 10.2 Å². The first-order valence-electron chi connectivity index (χ1n) is 12.5. The summed E-state index contributed by atoms with van der Waals surface area (Å²) in [6.45, 7) is 8.50. The number of fused-ring (bicyclic) bond motifs is 1. The van der Waals surface area contributed by atoms with Gasteiger partial charge in [-0.25, -0.2) is 4.98 Å². The summed E-state index contributed by atoms with van der Waals surface area (Å²) in [6.07, 6.45) is 0.827. The third kappa shape index (κ3) is 4.54. The number of furan rings is 1. The number of anilines is 1. The van der Waals surface area contributed by atoms with E-state index in [-0.39, 0.29) is 11.3 Å². The third-order valence-electron chi connectivity index (χ3n) is 6.20. The molecule has 9 heteroatoms. The fourth-order valence-electron chi connectivity index (χ4n) is 4.46. The predicted octanol–water partition coefficient (Wildman–Crippen LogP) is 6.48. The van der Waals surface area contributed by atoms with E-state index in [1.165, 1.54) is 22.3 Å². The van der Waals surface area contributed by atoms with Gasteiger partial charge in [0.1, 0.15) is 5.76 Å². The van der Waals surface area contributed by atoms with Crippen molar-refractivity contribution in [3.63, 3.8) is 0 Å². The number of hydrogen-bond acceptors (Lipinski definition) is 8. The Hall–Kier alpha value is -4.11. The highest BCUT2D eigenvalue weighted by Gasteiger charge is 2.46. The van der Waals surface area contributed by atoms with Gasteiger partial charge in [-0.05, 0) is 74.7 Å². The molecular weight excluding hydrogens is 504 g/mol. The molecule has 0 radical (unpaired) electrons. The molecule has 5 rings (SSSR count). The van der Waals surface area contributed by atoms with Crippen molar-refractivity contribution in [3.05, 3.63) is 82.5 Å². The maximum atomic E-state index is 13.6. The Labute approximate surface area is 224 Å². The zero-order chi connectivity index (χ0) is 27.0. The SMILES string of the molecule is CCCOc1ccc(C2C(C(=O)c3ccc(C)o3)=C(O)C(=O)N2c2nc3ccc(C)cc3s2)cc1OCC. The number of carbonyl (C=O) groups is 2. The highest BCUT2D eigenvalue weighted by Crippen LogP contribution is 2.46. The normalized spacial score (nSPS) is 15.5. The summed E-state index contributed by atoms with van der Waals surface area (Å²) in [6, 6.07) is 13.3. The average molecular weight is 533 g/mol. The molecule has 1 atom stereocenters. The second-order valence-corrected chi connectivity index (χ2v) is 10.0. The van der Waals surface area contributed by atoms with Gasteiger partial charge in [-0.2, -0.15) is 0 Å². The largest absolute Gasteiger partial charge is 0.503 e. The minimum atomic E-state index is -0.957. The fraction of sp³-hybridized carbons (Fsp3) is 0.276. The van der Waals surface area contributed by atoms with Crippen molar-refractivity contribution in [3.8, 4) is 11.5 Å². The number of carbonyl (C=O) groups excluding carboxylic acids is 2. The zero-order valence-electron chi connectivity index (χ0n) is 21.6. The van der Waals surface area contributed by atoms with E-state index >= 15 is 0 Å². The van der Waals surface area contributed by atoms with Crippen molar-refractivity contribution in [1.29, 1.82) is 0 Å². The standard InChI is InChI=1S/C29H28N2O6S/c1-5-13-36-20-12-9-18(15-22(20)35-6-2)25-24(26(32)21-11-8-17(4)37-21)27(33)28(34)31(25)29-30-19-10-7-16(3)14-23(19)38-29/h7-12,14-15,25,33H,5-6,13H2,1-4H3. The number of benzene rings is 2. The number of ether oxygens (including phenoxy) is 2. The number of rotatable bonds is 9. The van der Waals surface area contributed by atoms with E-state index < -0.39 is 23.5 Å². The second-order valence-electron chi connectivity index (χ2n) is 9.03. The maximum Gasteiger partial charge on any atom is 0.296 e. The van der Waals surface area contributed by atoms with Crippen molar-refractivity contribution in [2.75, 3.05) is 18.1 Å². The number of aromatic nitrogens is 1. The molecule has 0 aliphatic carbocycles. The van der Waals surface area contributed by atoms with Crippen LogP contribution >= 0.6 is 11.3 Å². The number of amides is 1. The summed E-state index contributed by atoms with van der Waals surface area (Å²) in [5, 5.41) is 11.4. The highest BCUT2D eigenvalue weighted by molar-refractivity contribution is 7.22. The van der Waals surface area contributed by atoms with Crippen molar-refractivity contribution in [2.45, 2.75) is 40.2 Å². The lowest BCUT2D eigenvalue weighted by molar-refractivity contribution is -0.117. The zero-order valence-corrected chi connectivity index (χ0v) is 22.4. The average Bonchev–Trinajstić information content (AvgIpc) is 3.59. The van der Waals surface area contributed by atoms with Crippen molar-refractivity contribution in [1.82, 2.24) is 4.98 Å². The van der Waals surface area contributed by atoms with Gasteiger partial charge in [0.15, 0.2) is 28.1 Å². The number of aryl methyl sites for hydroxylation is 2. The first-order chi connectivity index (χ1) is 18.3. The fourth-order valence-corrected chi connectivity index (χ4v) is 5.55. The van der Waals surface area contributed by atoms with Crippen LogP contribution in [0.1, 0.15) is 53.8 Å². The van der Waals surface area contributed by atoms with Gasteiger partial charge in [0.2, 0.25) is 5.78 Å². The van der Waals surface area contributed by atoms with Gasteiger partial charge in [-0.1, -0.05) is 30.4 Å². The first kappa shape index (κ1) is 25.5.